The Morgan fingerprint density at radius 2 is 1.71 bits per heavy atom. The van der Waals surface area contributed by atoms with Crippen molar-refractivity contribution in [3.05, 3.63) is 65.4 Å². The number of hydrogen-bond acceptors (Lipinski definition) is 8. The number of benzene rings is 2. The van der Waals surface area contributed by atoms with Crippen LogP contribution in [-0.4, -0.2) is 59.3 Å². The standard InChI is InChI=1S/C24H22N4O7/c29-22(25-11-13-9-10-33-20(13)23(30)31)19-21(28-35-27-19)26-24(32)34-12-18-16-7-3-1-5-14(16)15-6-2-4-8-17(15)18/h1-8,13,18,20H,9-12H2,(H,25,29)(H,30,31)(H,26,28,32). The molecule has 1 saturated heterocycles. The molecule has 1 aromatic heterocycles. The summed E-state index contributed by atoms with van der Waals surface area (Å²) in [6, 6.07) is 15.9. The smallest absolute Gasteiger partial charge is 0.412 e. The minimum absolute atomic E-state index is 0.0625. The number of anilines is 1. The van der Waals surface area contributed by atoms with Crippen molar-refractivity contribution in [1.29, 1.82) is 0 Å². The van der Waals surface area contributed by atoms with Crippen LogP contribution in [0.2, 0.25) is 0 Å². The SMILES string of the molecule is O=C(Nc1nonc1C(=O)NCC1CCOC1C(=O)O)OCC1c2ccccc2-c2ccccc21. The lowest BCUT2D eigenvalue weighted by atomic mass is 9.98. The molecule has 2 atom stereocenters. The lowest BCUT2D eigenvalue weighted by molar-refractivity contribution is -0.149. The number of carbonyl (C=O) groups excluding carboxylic acids is 2. The van der Waals surface area contributed by atoms with Crippen molar-refractivity contribution in [2.45, 2.75) is 18.4 Å². The van der Waals surface area contributed by atoms with Crippen LogP contribution >= 0.6 is 0 Å². The number of carboxylic acid groups (broad SMARTS) is 1. The van der Waals surface area contributed by atoms with Gasteiger partial charge in [0.05, 0.1) is 0 Å². The highest BCUT2D eigenvalue weighted by Crippen LogP contribution is 2.44. The summed E-state index contributed by atoms with van der Waals surface area (Å²) in [5, 5.41) is 21.3. The van der Waals surface area contributed by atoms with Crippen molar-refractivity contribution in [2.24, 2.45) is 5.92 Å². The van der Waals surface area contributed by atoms with E-state index in [-0.39, 0.29) is 36.5 Å². The quantitative estimate of drug-likeness (QED) is 0.465. The molecule has 0 spiro atoms. The molecule has 2 aromatic carbocycles. The first-order valence-electron chi connectivity index (χ1n) is 11.1. The topological polar surface area (TPSA) is 153 Å². The molecule has 11 nitrogen and oxygen atoms in total. The van der Waals surface area contributed by atoms with Crippen molar-refractivity contribution in [3.8, 4) is 11.1 Å². The zero-order valence-corrected chi connectivity index (χ0v) is 18.5. The summed E-state index contributed by atoms with van der Waals surface area (Å²) in [5.41, 5.74) is 4.11. The van der Waals surface area contributed by atoms with E-state index in [2.05, 4.69) is 25.6 Å². The average molecular weight is 478 g/mol. The first-order valence-corrected chi connectivity index (χ1v) is 11.1. The van der Waals surface area contributed by atoms with Crippen LogP contribution in [0.15, 0.2) is 53.2 Å². The number of amides is 2. The summed E-state index contributed by atoms with van der Waals surface area (Å²) in [7, 11) is 0. The summed E-state index contributed by atoms with van der Waals surface area (Å²) in [6.07, 6.45) is -1.30. The predicted octanol–water partition coefficient (Wildman–Crippen LogP) is 2.65. The lowest BCUT2D eigenvalue weighted by Crippen LogP contribution is -2.36. The molecule has 1 fully saturated rings. The van der Waals surface area contributed by atoms with Gasteiger partial charge in [-0.2, -0.15) is 0 Å². The first-order chi connectivity index (χ1) is 17.0. The van der Waals surface area contributed by atoms with Crippen LogP contribution in [0, 0.1) is 5.92 Å². The number of rotatable bonds is 7. The van der Waals surface area contributed by atoms with E-state index < -0.39 is 24.1 Å². The molecule has 2 amide bonds. The normalized spacial score (nSPS) is 18.5. The maximum atomic E-state index is 12.5. The monoisotopic (exact) mass is 478 g/mol. The molecule has 1 aliphatic carbocycles. The van der Waals surface area contributed by atoms with Crippen molar-refractivity contribution in [2.75, 3.05) is 25.1 Å². The van der Waals surface area contributed by atoms with Crippen LogP contribution in [0.1, 0.15) is 34.0 Å². The molecule has 3 N–H and O–H groups in total. The molecule has 180 valence electrons. The van der Waals surface area contributed by atoms with Gasteiger partial charge in [0.2, 0.25) is 11.5 Å². The molecule has 2 unspecified atom stereocenters. The number of hydrogen-bond donors (Lipinski definition) is 3. The third-order valence-corrected chi connectivity index (χ3v) is 6.25. The number of aromatic nitrogens is 2. The Bertz CT molecular complexity index is 1230. The number of ether oxygens (including phenoxy) is 2. The second-order valence-electron chi connectivity index (χ2n) is 8.30. The van der Waals surface area contributed by atoms with Crippen LogP contribution in [-0.2, 0) is 14.3 Å². The first kappa shape index (κ1) is 22.5. The molecule has 35 heavy (non-hydrogen) atoms. The zero-order chi connectivity index (χ0) is 24.4. The fourth-order valence-electron chi connectivity index (χ4n) is 4.57. The van der Waals surface area contributed by atoms with Crippen molar-refractivity contribution in [1.82, 2.24) is 15.6 Å². The Morgan fingerprint density at radius 3 is 2.40 bits per heavy atom. The Morgan fingerprint density at radius 1 is 1.03 bits per heavy atom. The molecule has 1 aliphatic heterocycles. The number of fused-ring (bicyclic) bond motifs is 3. The van der Waals surface area contributed by atoms with Crippen LogP contribution in [0.3, 0.4) is 0 Å². The summed E-state index contributed by atoms with van der Waals surface area (Å²) in [4.78, 5) is 36.2. The minimum atomic E-state index is -1.08. The van der Waals surface area contributed by atoms with Crippen molar-refractivity contribution in [3.63, 3.8) is 0 Å². The molecule has 11 heteroatoms. The van der Waals surface area contributed by atoms with Crippen LogP contribution in [0.4, 0.5) is 10.6 Å². The summed E-state index contributed by atoms with van der Waals surface area (Å²) >= 11 is 0. The van der Waals surface area contributed by atoms with Crippen LogP contribution in [0.5, 0.6) is 0 Å². The fourth-order valence-corrected chi connectivity index (χ4v) is 4.57. The van der Waals surface area contributed by atoms with Crippen LogP contribution < -0.4 is 10.6 Å². The zero-order valence-electron chi connectivity index (χ0n) is 18.5. The third-order valence-electron chi connectivity index (χ3n) is 6.25. The molecular formula is C24H22N4O7. The maximum Gasteiger partial charge on any atom is 0.412 e. The van der Waals surface area contributed by atoms with Gasteiger partial charge < -0.3 is 19.9 Å². The van der Waals surface area contributed by atoms with Gasteiger partial charge in [0.1, 0.15) is 6.61 Å². The Hall–Kier alpha value is -4.25. The Balaban J connectivity index is 1.19. The van der Waals surface area contributed by atoms with Gasteiger partial charge in [-0.15, -0.1) is 0 Å². The van der Waals surface area contributed by atoms with Crippen LogP contribution in [0.25, 0.3) is 11.1 Å². The second-order valence-corrected chi connectivity index (χ2v) is 8.30. The number of carboxylic acids is 1. The van der Waals surface area contributed by atoms with E-state index in [0.29, 0.717) is 13.0 Å². The number of aliphatic carboxylic acids is 1. The Kier molecular flexibility index (Phi) is 6.15. The highest BCUT2D eigenvalue weighted by molar-refractivity contribution is 5.99. The molecule has 2 heterocycles. The highest BCUT2D eigenvalue weighted by Gasteiger charge is 2.35. The summed E-state index contributed by atoms with van der Waals surface area (Å²) in [6.45, 7) is 0.454. The molecular weight excluding hydrogens is 456 g/mol. The second kappa shape index (κ2) is 9.55. The predicted molar refractivity (Wildman–Crippen MR) is 121 cm³/mol. The summed E-state index contributed by atoms with van der Waals surface area (Å²) in [5.74, 6) is -2.45. The molecule has 5 rings (SSSR count). The molecule has 3 aromatic rings. The molecule has 0 bridgehead atoms. The molecule has 0 radical (unpaired) electrons. The van der Waals surface area contributed by atoms with Gasteiger partial charge in [0, 0.05) is 25.0 Å². The van der Waals surface area contributed by atoms with E-state index in [4.69, 9.17) is 9.47 Å². The van der Waals surface area contributed by atoms with Gasteiger partial charge in [0.25, 0.3) is 5.91 Å². The number of nitrogens with one attached hydrogen (secondary N) is 2. The van der Waals surface area contributed by atoms with Gasteiger partial charge >= 0.3 is 12.1 Å². The maximum absolute atomic E-state index is 12.5. The van der Waals surface area contributed by atoms with Gasteiger partial charge in [0.15, 0.2) is 6.10 Å². The minimum Gasteiger partial charge on any atom is -0.479 e. The Labute approximate surface area is 199 Å². The molecule has 2 aliphatic rings. The number of carbonyl (C=O) groups is 3. The van der Waals surface area contributed by atoms with E-state index >= 15 is 0 Å². The highest BCUT2D eigenvalue weighted by atomic mass is 16.6. The van der Waals surface area contributed by atoms with Gasteiger partial charge in [-0.3, -0.25) is 10.1 Å². The number of nitrogens with zero attached hydrogens (tertiary/aromatic N) is 2. The van der Waals surface area contributed by atoms with Gasteiger partial charge in [-0.1, -0.05) is 48.5 Å². The van der Waals surface area contributed by atoms with Crippen molar-refractivity contribution < 1.29 is 33.6 Å². The third kappa shape index (κ3) is 4.45. The van der Waals surface area contributed by atoms with Crippen molar-refractivity contribution >= 4 is 23.8 Å². The fraction of sp³-hybridized carbons (Fsp3) is 0.292. The van der Waals surface area contributed by atoms with E-state index in [9.17, 15) is 19.5 Å². The van der Waals surface area contributed by atoms with E-state index in [1.54, 1.807) is 0 Å². The molecule has 0 saturated carbocycles. The lowest BCUT2D eigenvalue weighted by Gasteiger charge is -2.15. The summed E-state index contributed by atoms with van der Waals surface area (Å²) < 4.78 is 15.2. The van der Waals surface area contributed by atoms with Gasteiger partial charge in [-0.25, -0.2) is 14.2 Å². The van der Waals surface area contributed by atoms with E-state index in [1.165, 1.54) is 0 Å². The van der Waals surface area contributed by atoms with E-state index in [1.807, 2.05) is 48.5 Å². The van der Waals surface area contributed by atoms with E-state index in [0.717, 1.165) is 22.3 Å². The largest absolute Gasteiger partial charge is 0.479 e. The van der Waals surface area contributed by atoms with Gasteiger partial charge in [-0.05, 0) is 39.0 Å². The average Bonchev–Trinajstić information content (AvgIpc) is 3.59.